The van der Waals surface area contributed by atoms with Crippen LogP contribution in [0.15, 0.2) is 72.8 Å². The molecule has 8 heteroatoms. The van der Waals surface area contributed by atoms with Crippen LogP contribution in [-0.4, -0.2) is 0 Å². The first-order chi connectivity index (χ1) is 11.7. The first-order valence-electron chi connectivity index (χ1n) is 7.96. The number of benzene rings is 3. The second-order valence-corrected chi connectivity index (χ2v) is 5.77. The van der Waals surface area contributed by atoms with Crippen molar-refractivity contribution in [3.05, 3.63) is 83.9 Å². The van der Waals surface area contributed by atoms with E-state index < -0.39 is 0 Å². The molecule has 0 saturated heterocycles. The van der Waals surface area contributed by atoms with E-state index in [0.29, 0.717) is 0 Å². The van der Waals surface area contributed by atoms with Crippen LogP contribution in [0, 0.1) is 0 Å². The molecule has 28 heavy (non-hydrogen) atoms. The summed E-state index contributed by atoms with van der Waals surface area (Å²) >= 11 is 0. The van der Waals surface area contributed by atoms with E-state index in [0.717, 1.165) is 35.8 Å². The van der Waals surface area contributed by atoms with Gasteiger partial charge in [0.2, 0.25) is 0 Å². The third-order valence-electron chi connectivity index (χ3n) is 3.84. The van der Waals surface area contributed by atoms with E-state index in [-0.39, 0.29) is 49.6 Å². The van der Waals surface area contributed by atoms with Crippen LogP contribution in [0.1, 0.15) is 11.1 Å². The average Bonchev–Trinajstić information content (AvgIpc) is 2.62. The highest BCUT2D eigenvalue weighted by Gasteiger charge is 1.97. The molecule has 0 heterocycles. The highest BCUT2D eigenvalue weighted by molar-refractivity contribution is 5.86. The standard InChI is InChI=1S/C20H22N4.4ClH/c21-17-5-9-19(10-6-17)23-13-15-1-2-16(4-3-15)14-24-20-11-7-18(22)8-12-20;;;;/h1-12,23-24H,13-14,21-22H2;4*1H. The molecule has 0 bridgehead atoms. The van der Waals surface area contributed by atoms with Gasteiger partial charge in [0, 0.05) is 35.8 Å². The molecule has 0 aromatic heterocycles. The number of nitrogens with one attached hydrogen (secondary N) is 2. The SMILES string of the molecule is Cl.Cl.Cl.Cl.Nc1ccc(NCc2ccc(CNc3ccc(N)cc3)cc2)cc1. The van der Waals surface area contributed by atoms with Crippen LogP contribution in [0.3, 0.4) is 0 Å². The van der Waals surface area contributed by atoms with Crippen molar-refractivity contribution in [3.8, 4) is 0 Å². The maximum atomic E-state index is 5.69. The molecule has 154 valence electrons. The molecule has 0 atom stereocenters. The lowest BCUT2D eigenvalue weighted by Crippen LogP contribution is -2.02. The second kappa shape index (κ2) is 14.1. The van der Waals surface area contributed by atoms with Crippen molar-refractivity contribution in [1.82, 2.24) is 0 Å². The summed E-state index contributed by atoms with van der Waals surface area (Å²) < 4.78 is 0. The van der Waals surface area contributed by atoms with Crippen LogP contribution in [-0.2, 0) is 13.1 Å². The zero-order chi connectivity index (χ0) is 16.8. The lowest BCUT2D eigenvalue weighted by molar-refractivity contribution is 1.11. The molecule has 0 spiro atoms. The fourth-order valence-corrected chi connectivity index (χ4v) is 2.39. The Bertz CT molecular complexity index is 710. The van der Waals surface area contributed by atoms with Gasteiger partial charge in [0.1, 0.15) is 0 Å². The quantitative estimate of drug-likeness (QED) is 0.350. The Balaban J connectivity index is 0. The zero-order valence-corrected chi connectivity index (χ0v) is 18.4. The summed E-state index contributed by atoms with van der Waals surface area (Å²) in [6.07, 6.45) is 0. The Morgan fingerprint density at radius 3 is 1.04 bits per heavy atom. The summed E-state index contributed by atoms with van der Waals surface area (Å²) in [5.74, 6) is 0. The Labute approximate surface area is 191 Å². The molecule has 0 aliphatic carbocycles. The lowest BCUT2D eigenvalue weighted by atomic mass is 10.1. The molecule has 3 rings (SSSR count). The van der Waals surface area contributed by atoms with Crippen molar-refractivity contribution in [1.29, 1.82) is 0 Å². The summed E-state index contributed by atoms with van der Waals surface area (Å²) in [6, 6.07) is 24.1. The van der Waals surface area contributed by atoms with Crippen molar-refractivity contribution in [2.75, 3.05) is 22.1 Å². The van der Waals surface area contributed by atoms with Gasteiger partial charge in [-0.15, -0.1) is 49.6 Å². The predicted octanol–water partition coefficient (Wildman–Crippen LogP) is 5.76. The van der Waals surface area contributed by atoms with Gasteiger partial charge in [0.15, 0.2) is 0 Å². The largest absolute Gasteiger partial charge is 0.399 e. The van der Waals surface area contributed by atoms with E-state index in [1.54, 1.807) is 0 Å². The topological polar surface area (TPSA) is 76.1 Å². The van der Waals surface area contributed by atoms with Gasteiger partial charge in [-0.25, -0.2) is 0 Å². The maximum absolute atomic E-state index is 5.69. The minimum absolute atomic E-state index is 0. The van der Waals surface area contributed by atoms with Crippen molar-refractivity contribution in [2.24, 2.45) is 0 Å². The van der Waals surface area contributed by atoms with Crippen LogP contribution in [0.5, 0.6) is 0 Å². The number of hydrogen-bond acceptors (Lipinski definition) is 4. The minimum Gasteiger partial charge on any atom is -0.399 e. The Hall–Kier alpha value is -1.98. The van der Waals surface area contributed by atoms with Crippen molar-refractivity contribution < 1.29 is 0 Å². The molecule has 0 unspecified atom stereocenters. The van der Waals surface area contributed by atoms with Crippen molar-refractivity contribution in [2.45, 2.75) is 13.1 Å². The molecule has 0 aliphatic rings. The van der Waals surface area contributed by atoms with E-state index in [2.05, 4.69) is 34.9 Å². The van der Waals surface area contributed by atoms with Crippen LogP contribution >= 0.6 is 49.6 Å². The smallest absolute Gasteiger partial charge is 0.0400 e. The van der Waals surface area contributed by atoms with Gasteiger partial charge in [-0.05, 0) is 59.7 Å². The minimum atomic E-state index is 0. The summed E-state index contributed by atoms with van der Waals surface area (Å²) in [7, 11) is 0. The maximum Gasteiger partial charge on any atom is 0.0400 e. The molecular weight excluding hydrogens is 438 g/mol. The van der Waals surface area contributed by atoms with Crippen LogP contribution in [0.2, 0.25) is 0 Å². The number of hydrogen-bond donors (Lipinski definition) is 4. The third-order valence-corrected chi connectivity index (χ3v) is 3.84. The number of nitrogen functional groups attached to an aromatic ring is 2. The first kappa shape index (κ1) is 28.2. The van der Waals surface area contributed by atoms with Gasteiger partial charge in [0.05, 0.1) is 0 Å². The molecule has 0 saturated carbocycles. The number of rotatable bonds is 6. The van der Waals surface area contributed by atoms with E-state index in [9.17, 15) is 0 Å². The molecule has 3 aromatic carbocycles. The summed E-state index contributed by atoms with van der Waals surface area (Å²) in [6.45, 7) is 1.57. The molecule has 6 N–H and O–H groups in total. The van der Waals surface area contributed by atoms with Gasteiger partial charge in [-0.1, -0.05) is 24.3 Å². The van der Waals surface area contributed by atoms with Gasteiger partial charge in [-0.2, -0.15) is 0 Å². The molecule has 0 fully saturated rings. The second-order valence-electron chi connectivity index (χ2n) is 5.77. The normalized spacial score (nSPS) is 8.86. The molecule has 0 aliphatic heterocycles. The summed E-state index contributed by atoms with van der Waals surface area (Å²) in [5.41, 5.74) is 17.5. The Kier molecular flexibility index (Phi) is 14.2. The molecule has 4 nitrogen and oxygen atoms in total. The highest BCUT2D eigenvalue weighted by atomic mass is 35.5. The van der Waals surface area contributed by atoms with Gasteiger partial charge >= 0.3 is 0 Å². The van der Waals surface area contributed by atoms with Crippen LogP contribution < -0.4 is 22.1 Å². The van der Waals surface area contributed by atoms with Crippen LogP contribution in [0.4, 0.5) is 22.7 Å². The molecule has 0 radical (unpaired) electrons. The number of anilines is 4. The monoisotopic (exact) mass is 462 g/mol. The van der Waals surface area contributed by atoms with E-state index in [1.807, 2.05) is 48.5 Å². The van der Waals surface area contributed by atoms with Gasteiger partial charge in [-0.3, -0.25) is 0 Å². The molecular formula is C20H26Cl4N4. The van der Waals surface area contributed by atoms with E-state index >= 15 is 0 Å². The Morgan fingerprint density at radius 2 is 0.750 bits per heavy atom. The predicted molar refractivity (Wildman–Crippen MR) is 132 cm³/mol. The fourth-order valence-electron chi connectivity index (χ4n) is 2.39. The summed E-state index contributed by atoms with van der Waals surface area (Å²) in [4.78, 5) is 0. The zero-order valence-electron chi connectivity index (χ0n) is 15.1. The molecule has 0 amide bonds. The average molecular weight is 464 g/mol. The Morgan fingerprint density at radius 1 is 0.464 bits per heavy atom. The van der Waals surface area contributed by atoms with Gasteiger partial charge < -0.3 is 22.1 Å². The van der Waals surface area contributed by atoms with Crippen molar-refractivity contribution in [3.63, 3.8) is 0 Å². The van der Waals surface area contributed by atoms with Gasteiger partial charge in [0.25, 0.3) is 0 Å². The van der Waals surface area contributed by atoms with E-state index in [1.165, 1.54) is 11.1 Å². The highest BCUT2D eigenvalue weighted by Crippen LogP contribution is 2.14. The fraction of sp³-hybridized carbons (Fsp3) is 0.100. The third kappa shape index (κ3) is 8.81. The summed E-state index contributed by atoms with van der Waals surface area (Å²) in [5, 5.41) is 6.78. The first-order valence-corrected chi connectivity index (χ1v) is 7.96. The van der Waals surface area contributed by atoms with Crippen molar-refractivity contribution >= 4 is 72.4 Å². The number of halogens is 4. The number of nitrogens with two attached hydrogens (primary N) is 2. The molecule has 3 aromatic rings. The van der Waals surface area contributed by atoms with E-state index in [4.69, 9.17) is 11.5 Å². The lowest BCUT2D eigenvalue weighted by Gasteiger charge is -2.09. The van der Waals surface area contributed by atoms with Crippen LogP contribution in [0.25, 0.3) is 0 Å².